The van der Waals surface area contributed by atoms with Crippen molar-refractivity contribution in [2.45, 2.75) is 36.5 Å². The average Bonchev–Trinajstić information content (AvgIpc) is 2.47. The van der Waals surface area contributed by atoms with E-state index in [0.29, 0.717) is 15.6 Å². The molecule has 0 amide bonds. The lowest BCUT2D eigenvalue weighted by atomic mass is 9.64. The van der Waals surface area contributed by atoms with Gasteiger partial charge in [0.15, 0.2) is 4.90 Å². The quantitative estimate of drug-likeness (QED) is 0.690. The van der Waals surface area contributed by atoms with E-state index in [4.69, 9.17) is 23.2 Å². The molecular formula is C16H17Cl2N3O4S. The van der Waals surface area contributed by atoms with Crippen LogP contribution in [-0.4, -0.2) is 24.9 Å². The minimum Gasteiger partial charge on any atom is -0.310 e. The third-order valence-corrected chi connectivity index (χ3v) is 6.93. The van der Waals surface area contributed by atoms with Crippen LogP contribution in [0.3, 0.4) is 0 Å². The summed E-state index contributed by atoms with van der Waals surface area (Å²) in [5.41, 5.74) is -1.55. The Morgan fingerprint density at radius 2 is 1.77 bits per heavy atom. The van der Waals surface area contributed by atoms with E-state index in [1.165, 1.54) is 6.92 Å². The zero-order valence-corrected chi connectivity index (χ0v) is 16.2. The molecule has 10 heteroatoms. The highest BCUT2D eigenvalue weighted by Gasteiger charge is 2.42. The summed E-state index contributed by atoms with van der Waals surface area (Å²) in [6.45, 7) is 1.41. The molecule has 1 fully saturated rings. The van der Waals surface area contributed by atoms with Gasteiger partial charge in [-0.25, -0.2) is 17.9 Å². The normalized spacial score (nSPS) is 16.3. The molecule has 0 bridgehead atoms. The van der Waals surface area contributed by atoms with E-state index in [2.05, 4.69) is 9.71 Å². The average molecular weight is 418 g/mol. The fraction of sp³-hybridized carbons (Fsp3) is 0.375. The molecule has 1 saturated carbocycles. The number of rotatable bonds is 5. The second kappa shape index (κ2) is 6.84. The summed E-state index contributed by atoms with van der Waals surface area (Å²) in [6, 6.07) is 5.16. The van der Waals surface area contributed by atoms with E-state index >= 15 is 0 Å². The minimum atomic E-state index is -4.13. The van der Waals surface area contributed by atoms with Gasteiger partial charge in [0.25, 0.3) is 5.56 Å². The Balaban J connectivity index is 1.95. The van der Waals surface area contributed by atoms with Crippen molar-refractivity contribution < 1.29 is 8.42 Å². The number of aryl methyl sites for hydroxylation is 1. The SMILES string of the molecule is Cc1[nH]c(=O)[nH]c(=O)c1S(=O)(=O)NCC1(c2c(Cl)cccc2Cl)CCC1. The molecule has 26 heavy (non-hydrogen) atoms. The number of H-pyrrole nitrogens is 2. The first-order valence-corrected chi connectivity index (χ1v) is 10.2. The zero-order valence-electron chi connectivity index (χ0n) is 13.9. The summed E-state index contributed by atoms with van der Waals surface area (Å²) in [6.07, 6.45) is 2.36. The maximum absolute atomic E-state index is 12.7. The number of nitrogens with one attached hydrogen (secondary N) is 3. The van der Waals surface area contributed by atoms with Crippen molar-refractivity contribution in [3.05, 3.63) is 60.3 Å². The molecule has 0 unspecified atom stereocenters. The standard InChI is InChI=1S/C16H17Cl2N3O4S/c1-9-13(14(22)21-15(23)20-9)26(24,25)19-8-16(6-3-7-16)12-10(17)4-2-5-11(12)18/h2,4-5,19H,3,6-8H2,1H3,(H2,20,21,22,23). The number of benzene rings is 1. The molecule has 0 saturated heterocycles. The molecule has 1 heterocycles. The van der Waals surface area contributed by atoms with Gasteiger partial charge in [0.1, 0.15) is 0 Å². The van der Waals surface area contributed by atoms with E-state index in [0.717, 1.165) is 19.3 Å². The lowest BCUT2D eigenvalue weighted by Crippen LogP contribution is -2.47. The Bertz CT molecular complexity index is 1050. The van der Waals surface area contributed by atoms with Crippen LogP contribution < -0.4 is 16.0 Å². The van der Waals surface area contributed by atoms with Crippen LogP contribution in [0, 0.1) is 6.92 Å². The molecule has 0 atom stereocenters. The van der Waals surface area contributed by atoms with Crippen LogP contribution in [0.4, 0.5) is 0 Å². The molecule has 1 aliphatic rings. The van der Waals surface area contributed by atoms with Gasteiger partial charge in [-0.15, -0.1) is 0 Å². The van der Waals surface area contributed by atoms with Gasteiger partial charge in [-0.1, -0.05) is 35.7 Å². The van der Waals surface area contributed by atoms with Crippen molar-refractivity contribution in [1.29, 1.82) is 0 Å². The topological polar surface area (TPSA) is 112 Å². The first-order valence-electron chi connectivity index (χ1n) is 7.94. The van der Waals surface area contributed by atoms with Crippen molar-refractivity contribution in [2.75, 3.05) is 6.54 Å². The molecule has 1 aliphatic carbocycles. The van der Waals surface area contributed by atoms with Crippen molar-refractivity contribution in [3.8, 4) is 0 Å². The molecule has 1 aromatic carbocycles. The first-order chi connectivity index (χ1) is 12.2. The van der Waals surface area contributed by atoms with Crippen LogP contribution in [0.15, 0.2) is 32.7 Å². The summed E-state index contributed by atoms with van der Waals surface area (Å²) in [7, 11) is -4.13. The van der Waals surface area contributed by atoms with Gasteiger partial charge < -0.3 is 4.98 Å². The van der Waals surface area contributed by atoms with E-state index in [1.807, 2.05) is 4.98 Å². The molecular weight excluding hydrogens is 401 g/mol. The van der Waals surface area contributed by atoms with Crippen molar-refractivity contribution in [3.63, 3.8) is 0 Å². The predicted molar refractivity (Wildman–Crippen MR) is 99.6 cm³/mol. The third-order valence-electron chi connectivity index (χ3n) is 4.75. The molecule has 140 valence electrons. The van der Waals surface area contributed by atoms with E-state index in [9.17, 15) is 18.0 Å². The first kappa shape index (κ1) is 19.2. The summed E-state index contributed by atoms with van der Waals surface area (Å²) in [5.74, 6) is 0. The van der Waals surface area contributed by atoms with Gasteiger partial charge in [0, 0.05) is 27.7 Å². The molecule has 0 aliphatic heterocycles. The maximum Gasteiger partial charge on any atom is 0.325 e. The Morgan fingerprint density at radius 1 is 1.15 bits per heavy atom. The summed E-state index contributed by atoms with van der Waals surface area (Å²) >= 11 is 12.6. The van der Waals surface area contributed by atoms with Gasteiger partial charge in [-0.2, -0.15) is 0 Å². The Labute approximate surface area is 159 Å². The predicted octanol–water partition coefficient (Wildman–Crippen LogP) is 2.08. The molecule has 7 nitrogen and oxygen atoms in total. The van der Waals surface area contributed by atoms with Crippen molar-refractivity contribution in [2.24, 2.45) is 0 Å². The molecule has 3 N–H and O–H groups in total. The number of sulfonamides is 1. The Morgan fingerprint density at radius 3 is 2.27 bits per heavy atom. The monoisotopic (exact) mass is 417 g/mol. The van der Waals surface area contributed by atoms with Crippen molar-refractivity contribution in [1.82, 2.24) is 14.7 Å². The van der Waals surface area contributed by atoms with Crippen LogP contribution in [-0.2, 0) is 15.4 Å². The minimum absolute atomic E-state index is 0.0234. The fourth-order valence-corrected chi connectivity index (χ4v) is 5.50. The van der Waals surface area contributed by atoms with Gasteiger partial charge in [0.05, 0.1) is 0 Å². The number of hydrogen-bond donors (Lipinski definition) is 3. The Kier molecular flexibility index (Phi) is 5.04. The lowest BCUT2D eigenvalue weighted by Gasteiger charge is -2.43. The van der Waals surface area contributed by atoms with Gasteiger partial charge >= 0.3 is 5.69 Å². The molecule has 2 aromatic rings. The van der Waals surface area contributed by atoms with Crippen LogP contribution in [0.2, 0.25) is 10.0 Å². The van der Waals surface area contributed by atoms with Crippen LogP contribution in [0.25, 0.3) is 0 Å². The summed E-state index contributed by atoms with van der Waals surface area (Å²) in [4.78, 5) is 26.9. The summed E-state index contributed by atoms with van der Waals surface area (Å²) < 4.78 is 27.8. The van der Waals surface area contributed by atoms with Gasteiger partial charge in [-0.05, 0) is 37.5 Å². The van der Waals surface area contributed by atoms with E-state index in [1.54, 1.807) is 18.2 Å². The Hall–Kier alpha value is -1.61. The zero-order chi connectivity index (χ0) is 19.1. The number of aromatic amines is 2. The van der Waals surface area contributed by atoms with Crippen LogP contribution >= 0.6 is 23.2 Å². The molecule has 0 radical (unpaired) electrons. The molecule has 1 aromatic heterocycles. The molecule has 0 spiro atoms. The third kappa shape index (κ3) is 3.34. The smallest absolute Gasteiger partial charge is 0.310 e. The maximum atomic E-state index is 12.7. The van der Waals surface area contributed by atoms with Gasteiger partial charge in [-0.3, -0.25) is 9.78 Å². The number of halogens is 2. The lowest BCUT2D eigenvalue weighted by molar-refractivity contribution is 0.245. The van der Waals surface area contributed by atoms with Crippen LogP contribution in [0.5, 0.6) is 0 Å². The highest BCUT2D eigenvalue weighted by Crippen LogP contribution is 2.48. The van der Waals surface area contributed by atoms with E-state index < -0.39 is 31.6 Å². The molecule has 3 rings (SSSR count). The van der Waals surface area contributed by atoms with Crippen LogP contribution in [0.1, 0.15) is 30.5 Å². The van der Waals surface area contributed by atoms with Crippen molar-refractivity contribution >= 4 is 33.2 Å². The van der Waals surface area contributed by atoms with E-state index in [-0.39, 0.29) is 12.2 Å². The summed E-state index contributed by atoms with van der Waals surface area (Å²) in [5, 5.41) is 0.962. The largest absolute Gasteiger partial charge is 0.325 e. The fourth-order valence-electron chi connectivity index (χ4n) is 3.34. The highest BCUT2D eigenvalue weighted by atomic mass is 35.5. The number of aromatic nitrogens is 2. The second-order valence-corrected chi connectivity index (χ2v) is 8.94. The number of hydrogen-bond acceptors (Lipinski definition) is 4. The van der Waals surface area contributed by atoms with Gasteiger partial charge in [0.2, 0.25) is 10.0 Å². The second-order valence-electron chi connectivity index (χ2n) is 6.42. The highest BCUT2D eigenvalue weighted by molar-refractivity contribution is 7.89.